The molecule has 1 fully saturated rings. The number of nitriles is 1. The summed E-state index contributed by atoms with van der Waals surface area (Å²) in [6, 6.07) is 9.70. The van der Waals surface area contributed by atoms with Gasteiger partial charge in [0.15, 0.2) is 6.61 Å². The highest BCUT2D eigenvalue weighted by molar-refractivity contribution is 8.03. The van der Waals surface area contributed by atoms with Crippen LogP contribution in [0.25, 0.3) is 0 Å². The number of thioether (sulfide) groups is 1. The van der Waals surface area contributed by atoms with Gasteiger partial charge in [-0.15, -0.1) is 0 Å². The average Bonchev–Trinajstić information content (AvgIpc) is 3.23. The molecular formula is C19H20N2O3S. The van der Waals surface area contributed by atoms with Crippen molar-refractivity contribution in [3.8, 4) is 6.07 Å². The minimum Gasteiger partial charge on any atom is -0.457 e. The van der Waals surface area contributed by atoms with Crippen LogP contribution in [0.2, 0.25) is 0 Å². The lowest BCUT2D eigenvalue weighted by atomic mass is 10.0. The first-order valence-electron chi connectivity index (χ1n) is 8.44. The van der Waals surface area contributed by atoms with E-state index in [1.54, 1.807) is 0 Å². The highest BCUT2D eigenvalue weighted by Crippen LogP contribution is 2.46. The Balaban J connectivity index is 1.64. The Bertz CT molecular complexity index is 760. The van der Waals surface area contributed by atoms with Gasteiger partial charge >= 0.3 is 5.97 Å². The van der Waals surface area contributed by atoms with E-state index in [1.165, 1.54) is 11.8 Å². The maximum absolute atomic E-state index is 12.4. The van der Waals surface area contributed by atoms with Crippen molar-refractivity contribution in [3.63, 3.8) is 0 Å². The van der Waals surface area contributed by atoms with Gasteiger partial charge in [0.25, 0.3) is 0 Å². The first-order valence-corrected chi connectivity index (χ1v) is 9.25. The lowest BCUT2D eigenvalue weighted by Crippen LogP contribution is -2.20. The van der Waals surface area contributed by atoms with Crippen LogP contribution in [0.3, 0.4) is 0 Å². The molecule has 1 heterocycles. The number of carbonyl (C=O) groups is 2. The molecule has 0 bridgehead atoms. The lowest BCUT2D eigenvalue weighted by molar-refractivity contribution is -0.148. The number of carbonyl (C=O) groups excluding carboxylic acids is 2. The molecule has 0 spiro atoms. The van der Waals surface area contributed by atoms with Crippen LogP contribution in [0.15, 0.2) is 39.8 Å². The molecule has 2 aliphatic rings. The highest BCUT2D eigenvalue weighted by atomic mass is 32.2. The normalized spacial score (nSPS) is 18.6. The Morgan fingerprint density at radius 3 is 2.72 bits per heavy atom. The molecule has 1 saturated carbocycles. The summed E-state index contributed by atoms with van der Waals surface area (Å²) in [6.45, 7) is -0.372. The summed E-state index contributed by atoms with van der Waals surface area (Å²) in [4.78, 5) is 27.1. The molecule has 1 aliphatic heterocycles. The number of fused-ring (bicyclic) bond motifs is 1. The van der Waals surface area contributed by atoms with Gasteiger partial charge < -0.3 is 9.64 Å². The molecule has 0 aromatic heterocycles. The van der Waals surface area contributed by atoms with E-state index in [9.17, 15) is 14.9 Å². The van der Waals surface area contributed by atoms with Gasteiger partial charge in [-0.1, -0.05) is 36.7 Å². The van der Waals surface area contributed by atoms with Crippen molar-refractivity contribution >= 4 is 29.2 Å². The number of hydrogen-bond donors (Lipinski definition) is 0. The molecule has 1 aliphatic carbocycles. The summed E-state index contributed by atoms with van der Waals surface area (Å²) >= 11 is 1.39. The molecule has 5 nitrogen and oxygen atoms in total. The number of esters is 1. The highest BCUT2D eigenvalue weighted by Gasteiger charge is 2.28. The van der Waals surface area contributed by atoms with Crippen molar-refractivity contribution in [2.45, 2.75) is 37.0 Å². The van der Waals surface area contributed by atoms with Crippen molar-refractivity contribution in [3.05, 3.63) is 34.9 Å². The summed E-state index contributed by atoms with van der Waals surface area (Å²) in [5, 5.41) is 10.0. The fraction of sp³-hybridized carbons (Fsp3) is 0.421. The predicted octanol–water partition coefficient (Wildman–Crippen LogP) is 3.66. The van der Waals surface area contributed by atoms with Gasteiger partial charge in [0.2, 0.25) is 5.78 Å². The van der Waals surface area contributed by atoms with Gasteiger partial charge in [-0.25, -0.2) is 0 Å². The average molecular weight is 356 g/mol. The fourth-order valence-corrected chi connectivity index (χ4v) is 4.44. The summed E-state index contributed by atoms with van der Waals surface area (Å²) in [5.74, 6) is -0.426. The van der Waals surface area contributed by atoms with E-state index >= 15 is 0 Å². The molecule has 6 heteroatoms. The lowest BCUT2D eigenvalue weighted by Gasteiger charge is -2.15. The van der Waals surface area contributed by atoms with Crippen LogP contribution >= 0.6 is 11.8 Å². The van der Waals surface area contributed by atoms with E-state index in [0.29, 0.717) is 17.4 Å². The van der Waals surface area contributed by atoms with Crippen LogP contribution < -0.4 is 4.90 Å². The second-order valence-corrected chi connectivity index (χ2v) is 7.39. The van der Waals surface area contributed by atoms with Crippen molar-refractivity contribution in [1.82, 2.24) is 0 Å². The summed E-state index contributed by atoms with van der Waals surface area (Å²) in [5.41, 5.74) is 0.999. The Morgan fingerprint density at radius 1 is 1.32 bits per heavy atom. The van der Waals surface area contributed by atoms with Crippen molar-refractivity contribution < 1.29 is 14.3 Å². The standard InChI is InChI=1S/C19H20N2O3S/c1-21-15-8-4-5-9-17(15)25-19(21)14(11-20)16(22)12-24-18(23)10-13-6-2-3-7-13/h4-5,8-9,13H,2-3,6-7,10,12H2,1H3/b19-14+. The van der Waals surface area contributed by atoms with Gasteiger partial charge in [-0.3, -0.25) is 9.59 Å². The number of rotatable bonds is 5. The number of anilines is 1. The van der Waals surface area contributed by atoms with Crippen LogP contribution in [-0.2, 0) is 14.3 Å². The predicted molar refractivity (Wildman–Crippen MR) is 95.9 cm³/mol. The van der Waals surface area contributed by atoms with E-state index in [0.717, 1.165) is 36.3 Å². The van der Waals surface area contributed by atoms with Gasteiger partial charge in [-0.05, 0) is 30.9 Å². The van der Waals surface area contributed by atoms with E-state index < -0.39 is 5.78 Å². The summed E-state index contributed by atoms with van der Waals surface area (Å²) in [7, 11) is 1.82. The molecule has 1 aromatic rings. The minimum atomic E-state index is -0.454. The molecule has 0 atom stereocenters. The Kier molecular flexibility index (Phi) is 5.44. The minimum absolute atomic E-state index is 0.0392. The number of Topliss-reactive ketones (excluding diaryl/α,β-unsaturated/α-hetero) is 1. The monoisotopic (exact) mass is 356 g/mol. The van der Waals surface area contributed by atoms with Gasteiger partial charge in [0.1, 0.15) is 16.7 Å². The van der Waals surface area contributed by atoms with Crippen molar-refractivity contribution in [2.24, 2.45) is 5.92 Å². The first-order chi connectivity index (χ1) is 12.1. The second-order valence-electron chi connectivity index (χ2n) is 6.36. The maximum Gasteiger partial charge on any atom is 0.306 e. The molecule has 0 unspecified atom stereocenters. The number of nitrogens with zero attached hydrogens (tertiary/aromatic N) is 2. The number of ketones is 1. The molecule has 130 valence electrons. The topological polar surface area (TPSA) is 70.4 Å². The smallest absolute Gasteiger partial charge is 0.306 e. The molecule has 0 saturated heterocycles. The fourth-order valence-electron chi connectivity index (χ4n) is 3.28. The van der Waals surface area contributed by atoms with E-state index in [1.807, 2.05) is 42.3 Å². The van der Waals surface area contributed by atoms with E-state index in [4.69, 9.17) is 4.74 Å². The SMILES string of the molecule is CN1/C(=C(/C#N)C(=O)COC(=O)CC2CCCC2)Sc2ccccc21. The van der Waals surface area contributed by atoms with Gasteiger partial charge in [-0.2, -0.15) is 5.26 Å². The zero-order chi connectivity index (χ0) is 17.8. The third-order valence-corrected chi connectivity index (χ3v) is 5.87. The maximum atomic E-state index is 12.4. The summed E-state index contributed by atoms with van der Waals surface area (Å²) in [6.07, 6.45) is 4.79. The zero-order valence-electron chi connectivity index (χ0n) is 14.2. The zero-order valence-corrected chi connectivity index (χ0v) is 15.0. The largest absolute Gasteiger partial charge is 0.457 e. The van der Waals surface area contributed by atoms with Gasteiger partial charge in [0.05, 0.1) is 5.69 Å². The molecule has 25 heavy (non-hydrogen) atoms. The van der Waals surface area contributed by atoms with Crippen LogP contribution in [0.1, 0.15) is 32.1 Å². The number of hydrogen-bond acceptors (Lipinski definition) is 6. The van der Waals surface area contributed by atoms with E-state index in [2.05, 4.69) is 0 Å². The van der Waals surface area contributed by atoms with Crippen LogP contribution in [0.5, 0.6) is 0 Å². The Labute approximate surface area is 151 Å². The van der Waals surface area contributed by atoms with Crippen LogP contribution in [0.4, 0.5) is 5.69 Å². The molecule has 3 rings (SSSR count). The molecule has 0 N–H and O–H groups in total. The molecule has 0 radical (unpaired) electrons. The second kappa shape index (κ2) is 7.75. The van der Waals surface area contributed by atoms with Crippen LogP contribution in [-0.4, -0.2) is 25.4 Å². The number of benzene rings is 1. The number of ether oxygens (including phenoxy) is 1. The third kappa shape index (κ3) is 3.88. The van der Waals surface area contributed by atoms with Crippen LogP contribution in [0, 0.1) is 17.2 Å². The van der Waals surface area contributed by atoms with Gasteiger partial charge in [0, 0.05) is 18.4 Å². The molecular weight excluding hydrogens is 336 g/mol. The molecule has 1 aromatic carbocycles. The third-order valence-electron chi connectivity index (χ3n) is 4.64. The Morgan fingerprint density at radius 2 is 2.04 bits per heavy atom. The van der Waals surface area contributed by atoms with E-state index in [-0.39, 0.29) is 18.1 Å². The first kappa shape index (κ1) is 17.6. The Hall–Kier alpha value is -2.26. The quantitative estimate of drug-likeness (QED) is 0.455. The van der Waals surface area contributed by atoms with Crippen molar-refractivity contribution in [2.75, 3.05) is 18.6 Å². The van der Waals surface area contributed by atoms with Crippen molar-refractivity contribution in [1.29, 1.82) is 5.26 Å². The summed E-state index contributed by atoms with van der Waals surface area (Å²) < 4.78 is 5.12. The number of para-hydroxylation sites is 1. The molecule has 0 amide bonds.